The Morgan fingerprint density at radius 3 is 2.47 bits per heavy atom. The molecular formula is C21H18FN3O5. The molecule has 0 unspecified atom stereocenters. The number of carbonyl (C=O) groups is 2. The zero-order valence-electron chi connectivity index (χ0n) is 16.1. The van der Waals surface area contributed by atoms with Crippen LogP contribution in [0.5, 0.6) is 17.5 Å². The molecule has 1 aromatic carbocycles. The highest BCUT2D eigenvalue weighted by molar-refractivity contribution is 6.04. The van der Waals surface area contributed by atoms with Gasteiger partial charge in [0.25, 0.3) is 5.91 Å². The average molecular weight is 411 g/mol. The average Bonchev–Trinajstić information content (AvgIpc) is 2.67. The van der Waals surface area contributed by atoms with Crippen LogP contribution >= 0.6 is 0 Å². The van der Waals surface area contributed by atoms with Gasteiger partial charge in [0.15, 0.2) is 0 Å². The third-order valence-corrected chi connectivity index (χ3v) is 3.67. The summed E-state index contributed by atoms with van der Waals surface area (Å²) in [5, 5.41) is 11.5. The fourth-order valence-corrected chi connectivity index (χ4v) is 2.40. The molecule has 2 aromatic heterocycles. The number of pyridine rings is 2. The summed E-state index contributed by atoms with van der Waals surface area (Å²) in [6.07, 6.45) is 0.930. The first-order valence-corrected chi connectivity index (χ1v) is 8.93. The molecule has 8 nitrogen and oxygen atoms in total. The molecule has 3 aromatic rings. The van der Waals surface area contributed by atoms with Crippen molar-refractivity contribution in [2.24, 2.45) is 0 Å². The Morgan fingerprint density at radius 1 is 1.07 bits per heavy atom. The first-order valence-electron chi connectivity index (χ1n) is 8.93. The molecular weight excluding hydrogens is 393 g/mol. The Balaban J connectivity index is 1.86. The highest BCUT2D eigenvalue weighted by atomic mass is 19.1. The van der Waals surface area contributed by atoms with Crippen molar-refractivity contribution in [3.05, 3.63) is 71.7 Å². The first-order chi connectivity index (χ1) is 14.3. The number of anilines is 1. The van der Waals surface area contributed by atoms with E-state index in [0.29, 0.717) is 0 Å². The van der Waals surface area contributed by atoms with Gasteiger partial charge in [-0.3, -0.25) is 4.79 Å². The number of aromatic nitrogens is 2. The minimum Gasteiger partial charge on any atom is -0.478 e. The molecule has 2 heterocycles. The van der Waals surface area contributed by atoms with E-state index in [9.17, 15) is 14.0 Å². The number of carboxylic acids is 1. The van der Waals surface area contributed by atoms with Gasteiger partial charge in [-0.1, -0.05) is 6.07 Å². The van der Waals surface area contributed by atoms with Gasteiger partial charge in [-0.25, -0.2) is 14.2 Å². The summed E-state index contributed by atoms with van der Waals surface area (Å²) < 4.78 is 24.6. The molecule has 0 saturated carbocycles. The lowest BCUT2D eigenvalue weighted by molar-refractivity contribution is 0.0696. The summed E-state index contributed by atoms with van der Waals surface area (Å²) in [5.41, 5.74) is 0.159. The standard InChI is InChI=1S/C21H18FN3O5/c1-12(2)29-18-8-14(9-19(25-18)30-16-5-3-4-15(22)10-16)20(26)24-17-7-6-13(11-23-17)21(27)28/h3-12H,1-2H3,(H,27,28)(H,23,24,26). The van der Waals surface area contributed by atoms with E-state index < -0.39 is 17.7 Å². The second-order valence-corrected chi connectivity index (χ2v) is 6.45. The third kappa shape index (κ3) is 5.51. The second-order valence-electron chi connectivity index (χ2n) is 6.45. The van der Waals surface area contributed by atoms with Crippen molar-refractivity contribution >= 4 is 17.7 Å². The normalized spacial score (nSPS) is 10.5. The molecule has 3 rings (SSSR count). The second kappa shape index (κ2) is 8.99. The number of halogens is 1. The molecule has 0 atom stereocenters. The fourth-order valence-electron chi connectivity index (χ4n) is 2.40. The topological polar surface area (TPSA) is 111 Å². The SMILES string of the molecule is CC(C)Oc1cc(C(=O)Nc2ccc(C(=O)O)cn2)cc(Oc2cccc(F)c2)n1. The molecule has 2 N–H and O–H groups in total. The molecule has 30 heavy (non-hydrogen) atoms. The molecule has 0 aliphatic rings. The van der Waals surface area contributed by atoms with E-state index in [2.05, 4.69) is 15.3 Å². The number of nitrogens with one attached hydrogen (secondary N) is 1. The van der Waals surface area contributed by atoms with Gasteiger partial charge in [0.2, 0.25) is 11.8 Å². The monoisotopic (exact) mass is 411 g/mol. The summed E-state index contributed by atoms with van der Waals surface area (Å²) >= 11 is 0. The molecule has 0 spiro atoms. The van der Waals surface area contributed by atoms with Gasteiger partial charge in [-0.2, -0.15) is 4.98 Å². The first kappa shape index (κ1) is 20.7. The number of ether oxygens (including phenoxy) is 2. The predicted octanol–water partition coefficient (Wildman–Crippen LogP) is 4.15. The number of carboxylic acid groups (broad SMARTS) is 1. The van der Waals surface area contributed by atoms with Crippen LogP contribution in [0.25, 0.3) is 0 Å². The van der Waals surface area contributed by atoms with Crippen molar-refractivity contribution in [1.29, 1.82) is 0 Å². The van der Waals surface area contributed by atoms with Gasteiger partial charge in [0.05, 0.1) is 17.2 Å². The largest absolute Gasteiger partial charge is 0.478 e. The molecule has 0 radical (unpaired) electrons. The van der Waals surface area contributed by atoms with E-state index in [1.165, 1.54) is 42.5 Å². The van der Waals surface area contributed by atoms with Crippen LogP contribution in [0.2, 0.25) is 0 Å². The van der Waals surface area contributed by atoms with Crippen molar-refractivity contribution in [3.63, 3.8) is 0 Å². The van der Waals surface area contributed by atoms with E-state index in [1.54, 1.807) is 19.9 Å². The predicted molar refractivity (Wildman–Crippen MR) is 106 cm³/mol. The molecule has 1 amide bonds. The summed E-state index contributed by atoms with van der Waals surface area (Å²) in [5.74, 6) is -1.57. The van der Waals surface area contributed by atoms with Crippen molar-refractivity contribution in [2.75, 3.05) is 5.32 Å². The van der Waals surface area contributed by atoms with Crippen molar-refractivity contribution in [1.82, 2.24) is 9.97 Å². The molecule has 0 saturated heterocycles. The zero-order chi connectivity index (χ0) is 21.7. The zero-order valence-corrected chi connectivity index (χ0v) is 16.1. The highest BCUT2D eigenvalue weighted by Crippen LogP contribution is 2.25. The Labute approximate surface area is 171 Å². The maximum Gasteiger partial charge on any atom is 0.337 e. The lowest BCUT2D eigenvalue weighted by Gasteiger charge is -2.13. The summed E-state index contributed by atoms with van der Waals surface area (Å²) in [4.78, 5) is 31.7. The highest BCUT2D eigenvalue weighted by Gasteiger charge is 2.14. The number of hydrogen-bond donors (Lipinski definition) is 2. The van der Waals surface area contributed by atoms with Crippen molar-refractivity contribution < 1.29 is 28.6 Å². The van der Waals surface area contributed by atoms with Crippen molar-refractivity contribution in [3.8, 4) is 17.5 Å². The number of amides is 1. The van der Waals surface area contributed by atoms with Crippen LogP contribution in [0, 0.1) is 5.82 Å². The minimum absolute atomic E-state index is 0.00434. The Hall–Kier alpha value is -4.01. The van der Waals surface area contributed by atoms with E-state index in [0.717, 1.165) is 6.20 Å². The van der Waals surface area contributed by atoms with Crippen LogP contribution < -0.4 is 14.8 Å². The van der Waals surface area contributed by atoms with E-state index in [4.69, 9.17) is 14.6 Å². The third-order valence-electron chi connectivity index (χ3n) is 3.67. The maximum absolute atomic E-state index is 13.4. The van der Waals surface area contributed by atoms with Crippen LogP contribution in [-0.4, -0.2) is 33.1 Å². The van der Waals surface area contributed by atoms with E-state index >= 15 is 0 Å². The number of benzene rings is 1. The lowest BCUT2D eigenvalue weighted by atomic mass is 10.2. The molecule has 154 valence electrons. The number of rotatable bonds is 7. The molecule has 0 aliphatic carbocycles. The number of carbonyl (C=O) groups excluding carboxylic acids is 1. The number of aromatic carboxylic acids is 1. The number of nitrogens with zero attached hydrogens (tertiary/aromatic N) is 2. The van der Waals surface area contributed by atoms with Gasteiger partial charge >= 0.3 is 5.97 Å². The molecule has 0 fully saturated rings. The van der Waals surface area contributed by atoms with Gasteiger partial charge in [-0.15, -0.1) is 0 Å². The van der Waals surface area contributed by atoms with Crippen molar-refractivity contribution in [2.45, 2.75) is 20.0 Å². The van der Waals surface area contributed by atoms with Crippen LogP contribution in [0.3, 0.4) is 0 Å². The van der Waals surface area contributed by atoms with Crippen LogP contribution in [0.4, 0.5) is 10.2 Å². The Bertz CT molecular complexity index is 1070. The molecule has 0 aliphatic heterocycles. The summed E-state index contributed by atoms with van der Waals surface area (Å²) in [6, 6.07) is 11.0. The summed E-state index contributed by atoms with van der Waals surface area (Å²) in [6.45, 7) is 3.60. The van der Waals surface area contributed by atoms with Crippen LogP contribution in [0.15, 0.2) is 54.7 Å². The van der Waals surface area contributed by atoms with Gasteiger partial charge in [-0.05, 0) is 38.1 Å². The van der Waals surface area contributed by atoms with E-state index in [-0.39, 0.29) is 40.6 Å². The maximum atomic E-state index is 13.4. The quantitative estimate of drug-likeness (QED) is 0.601. The molecule has 0 bridgehead atoms. The van der Waals surface area contributed by atoms with Crippen LogP contribution in [-0.2, 0) is 0 Å². The minimum atomic E-state index is -1.12. The molecule has 9 heteroatoms. The smallest absolute Gasteiger partial charge is 0.337 e. The van der Waals surface area contributed by atoms with E-state index in [1.807, 2.05) is 0 Å². The fraction of sp³-hybridized carbons (Fsp3) is 0.143. The lowest BCUT2D eigenvalue weighted by Crippen LogP contribution is -2.15. The number of hydrogen-bond acceptors (Lipinski definition) is 6. The van der Waals surface area contributed by atoms with Gasteiger partial charge < -0.3 is 19.9 Å². The Kier molecular flexibility index (Phi) is 6.21. The van der Waals surface area contributed by atoms with Gasteiger partial charge in [0, 0.05) is 24.4 Å². The van der Waals surface area contributed by atoms with Gasteiger partial charge in [0.1, 0.15) is 17.4 Å². The summed E-state index contributed by atoms with van der Waals surface area (Å²) in [7, 11) is 0. The Morgan fingerprint density at radius 2 is 1.83 bits per heavy atom. The van der Waals surface area contributed by atoms with Crippen LogP contribution in [0.1, 0.15) is 34.6 Å².